The van der Waals surface area contributed by atoms with E-state index >= 15 is 0 Å². The summed E-state index contributed by atoms with van der Waals surface area (Å²) >= 11 is 0. The first-order valence-electron chi connectivity index (χ1n) is 25.8. The predicted octanol–water partition coefficient (Wildman–Crippen LogP) is 16.5. The van der Waals surface area contributed by atoms with Crippen molar-refractivity contribution in [3.05, 3.63) is 0 Å². The minimum atomic E-state index is -0.761. The van der Waals surface area contributed by atoms with E-state index in [4.69, 9.17) is 14.2 Å². The molecule has 1 unspecified atom stereocenters. The van der Waals surface area contributed by atoms with Crippen LogP contribution in [0.1, 0.15) is 285 Å². The quantitative estimate of drug-likeness (QED) is 0.0346. The van der Waals surface area contributed by atoms with Gasteiger partial charge < -0.3 is 14.2 Å². The molecular weight excluding hydrogens is 721 g/mol. The Balaban J connectivity index is 4.28. The largest absolute Gasteiger partial charge is 0.462 e. The minimum Gasteiger partial charge on any atom is -0.462 e. The van der Waals surface area contributed by atoms with E-state index in [1.54, 1.807) is 0 Å². The first-order valence-corrected chi connectivity index (χ1v) is 25.8. The van der Waals surface area contributed by atoms with E-state index in [1.807, 2.05) is 0 Å². The monoisotopic (exact) mass is 821 g/mol. The summed E-state index contributed by atoms with van der Waals surface area (Å²) in [6, 6.07) is 0. The highest BCUT2D eigenvalue weighted by molar-refractivity contribution is 5.71. The Hall–Kier alpha value is -1.59. The zero-order valence-corrected chi connectivity index (χ0v) is 39.7. The molecule has 0 aromatic carbocycles. The molecule has 0 saturated heterocycles. The Bertz CT molecular complexity index is 887. The second-order valence-corrected chi connectivity index (χ2v) is 18.5. The molecule has 0 rings (SSSR count). The summed E-state index contributed by atoms with van der Waals surface area (Å²) in [6.45, 7) is 11.4. The third-order valence-electron chi connectivity index (χ3n) is 12.1. The normalized spacial score (nSPS) is 12.5. The van der Waals surface area contributed by atoms with Crippen LogP contribution < -0.4 is 0 Å². The molecule has 6 heteroatoms. The van der Waals surface area contributed by atoms with Crippen molar-refractivity contribution in [2.45, 2.75) is 291 Å². The molecule has 0 aromatic rings. The van der Waals surface area contributed by atoms with E-state index in [2.05, 4.69) is 34.6 Å². The van der Waals surface area contributed by atoms with Gasteiger partial charge in [0.1, 0.15) is 13.2 Å². The molecular formula is C52H100O6. The van der Waals surface area contributed by atoms with Gasteiger partial charge in [-0.3, -0.25) is 14.4 Å². The van der Waals surface area contributed by atoms with Crippen molar-refractivity contribution in [2.24, 2.45) is 11.8 Å². The van der Waals surface area contributed by atoms with Crippen LogP contribution in [-0.4, -0.2) is 37.2 Å². The summed E-state index contributed by atoms with van der Waals surface area (Å²) in [5.74, 6) is 0.845. The fourth-order valence-electron chi connectivity index (χ4n) is 7.78. The Morgan fingerprint density at radius 2 is 0.655 bits per heavy atom. The summed E-state index contributed by atoms with van der Waals surface area (Å²) < 4.78 is 16.8. The van der Waals surface area contributed by atoms with Gasteiger partial charge in [0, 0.05) is 19.3 Å². The maximum Gasteiger partial charge on any atom is 0.306 e. The van der Waals surface area contributed by atoms with Gasteiger partial charge in [0.2, 0.25) is 0 Å². The van der Waals surface area contributed by atoms with Crippen LogP contribution in [-0.2, 0) is 28.6 Å². The van der Waals surface area contributed by atoms with Crippen LogP contribution >= 0.6 is 0 Å². The highest BCUT2D eigenvalue weighted by Gasteiger charge is 2.19. The fourth-order valence-corrected chi connectivity index (χ4v) is 7.78. The second-order valence-electron chi connectivity index (χ2n) is 18.5. The van der Waals surface area contributed by atoms with Gasteiger partial charge in [-0.15, -0.1) is 0 Å². The van der Waals surface area contributed by atoms with Crippen LogP contribution in [0.25, 0.3) is 0 Å². The van der Waals surface area contributed by atoms with E-state index in [-0.39, 0.29) is 31.1 Å². The standard InChI is InChI=1S/C52H100O6/c1-6-8-9-10-11-12-21-27-32-37-42-50(53)56-45-49(46-57-51(54)43-38-33-28-24-23-26-31-36-41-48(5)7-2)58-52(55)44-39-34-29-22-19-17-15-13-14-16-18-20-25-30-35-40-47(3)4/h47-49H,6-46H2,1-5H3/t48?,49-/m0/s1. The predicted molar refractivity (Wildman–Crippen MR) is 247 cm³/mol. The number of unbranched alkanes of at least 4 members (excludes halogenated alkanes) is 30. The van der Waals surface area contributed by atoms with Gasteiger partial charge in [-0.25, -0.2) is 0 Å². The third kappa shape index (κ3) is 44.0. The number of hydrogen-bond acceptors (Lipinski definition) is 6. The van der Waals surface area contributed by atoms with E-state index < -0.39 is 6.10 Å². The molecule has 0 heterocycles. The molecule has 6 nitrogen and oxygen atoms in total. The van der Waals surface area contributed by atoms with E-state index in [0.29, 0.717) is 19.3 Å². The first kappa shape index (κ1) is 56.4. The molecule has 0 aliphatic carbocycles. The van der Waals surface area contributed by atoms with E-state index in [9.17, 15) is 14.4 Å². The number of rotatable bonds is 46. The molecule has 0 saturated carbocycles. The summed E-state index contributed by atoms with van der Waals surface area (Å²) in [6.07, 6.45) is 45.1. The maximum absolute atomic E-state index is 12.8. The molecule has 2 atom stereocenters. The molecule has 0 radical (unpaired) electrons. The topological polar surface area (TPSA) is 78.9 Å². The molecule has 0 bridgehead atoms. The molecule has 0 amide bonds. The first-order chi connectivity index (χ1) is 28.3. The van der Waals surface area contributed by atoms with Gasteiger partial charge in [0.25, 0.3) is 0 Å². The maximum atomic E-state index is 12.8. The van der Waals surface area contributed by atoms with Crippen LogP contribution in [0.3, 0.4) is 0 Å². The highest BCUT2D eigenvalue weighted by Crippen LogP contribution is 2.18. The Labute approximate surface area is 361 Å². The summed E-state index contributed by atoms with van der Waals surface area (Å²) in [5.41, 5.74) is 0. The second kappa shape index (κ2) is 44.9. The average molecular weight is 821 g/mol. The van der Waals surface area contributed by atoms with Crippen LogP contribution in [0.15, 0.2) is 0 Å². The zero-order valence-electron chi connectivity index (χ0n) is 39.7. The highest BCUT2D eigenvalue weighted by atomic mass is 16.6. The van der Waals surface area contributed by atoms with Gasteiger partial charge in [0.05, 0.1) is 0 Å². The lowest BCUT2D eigenvalue weighted by molar-refractivity contribution is -0.167. The lowest BCUT2D eigenvalue weighted by Crippen LogP contribution is -2.30. The van der Waals surface area contributed by atoms with Crippen LogP contribution in [0, 0.1) is 11.8 Å². The lowest BCUT2D eigenvalue weighted by Gasteiger charge is -2.18. The SMILES string of the molecule is CCCCCCCCCCCCC(=O)OC[C@@H](COC(=O)CCCCCCCCCCC(C)CC)OC(=O)CCCCCCCCCCCCCCCCCC(C)C. The van der Waals surface area contributed by atoms with Crippen molar-refractivity contribution in [1.82, 2.24) is 0 Å². The lowest BCUT2D eigenvalue weighted by atomic mass is 9.99. The molecule has 0 N–H and O–H groups in total. The van der Waals surface area contributed by atoms with Gasteiger partial charge in [0.15, 0.2) is 6.10 Å². The summed E-state index contributed by atoms with van der Waals surface area (Å²) in [7, 11) is 0. The Kier molecular flexibility index (Phi) is 43.7. The van der Waals surface area contributed by atoms with Gasteiger partial charge in [-0.2, -0.15) is 0 Å². The number of esters is 3. The Morgan fingerprint density at radius 3 is 0.983 bits per heavy atom. The number of carbonyl (C=O) groups excluding carboxylic acids is 3. The smallest absolute Gasteiger partial charge is 0.306 e. The number of hydrogen-bond donors (Lipinski definition) is 0. The molecule has 0 aliphatic rings. The molecule has 0 aliphatic heterocycles. The van der Waals surface area contributed by atoms with Crippen LogP contribution in [0.5, 0.6) is 0 Å². The molecule has 0 fully saturated rings. The van der Waals surface area contributed by atoms with Crippen LogP contribution in [0.2, 0.25) is 0 Å². The van der Waals surface area contributed by atoms with Gasteiger partial charge in [-0.1, -0.05) is 247 Å². The van der Waals surface area contributed by atoms with E-state index in [1.165, 1.54) is 173 Å². The van der Waals surface area contributed by atoms with E-state index in [0.717, 1.165) is 69.6 Å². The van der Waals surface area contributed by atoms with Crippen molar-refractivity contribution in [1.29, 1.82) is 0 Å². The minimum absolute atomic E-state index is 0.0641. The van der Waals surface area contributed by atoms with Crippen molar-refractivity contribution in [3.8, 4) is 0 Å². The fraction of sp³-hybridized carbons (Fsp3) is 0.942. The summed E-state index contributed by atoms with van der Waals surface area (Å²) in [5, 5.41) is 0. The number of ether oxygens (including phenoxy) is 3. The summed E-state index contributed by atoms with van der Waals surface area (Å²) in [4.78, 5) is 37.9. The molecule has 0 spiro atoms. The van der Waals surface area contributed by atoms with Crippen molar-refractivity contribution >= 4 is 17.9 Å². The van der Waals surface area contributed by atoms with Crippen molar-refractivity contribution in [2.75, 3.05) is 13.2 Å². The molecule has 0 aromatic heterocycles. The molecule has 58 heavy (non-hydrogen) atoms. The van der Waals surface area contributed by atoms with Crippen molar-refractivity contribution < 1.29 is 28.6 Å². The van der Waals surface area contributed by atoms with Gasteiger partial charge >= 0.3 is 17.9 Å². The molecule has 344 valence electrons. The number of carbonyl (C=O) groups is 3. The zero-order chi connectivity index (χ0) is 42.6. The van der Waals surface area contributed by atoms with Crippen LogP contribution in [0.4, 0.5) is 0 Å². The Morgan fingerprint density at radius 1 is 0.362 bits per heavy atom. The van der Waals surface area contributed by atoms with Gasteiger partial charge in [-0.05, 0) is 31.1 Å². The van der Waals surface area contributed by atoms with Crippen molar-refractivity contribution in [3.63, 3.8) is 0 Å². The third-order valence-corrected chi connectivity index (χ3v) is 12.1. The average Bonchev–Trinajstić information content (AvgIpc) is 3.21.